The predicted molar refractivity (Wildman–Crippen MR) is 56.7 cm³/mol. The molecule has 0 bridgehead atoms. The lowest BCUT2D eigenvalue weighted by atomic mass is 10.3. The van der Waals surface area contributed by atoms with Crippen molar-refractivity contribution < 1.29 is 4.92 Å². The van der Waals surface area contributed by atoms with E-state index in [9.17, 15) is 10.1 Å². The van der Waals surface area contributed by atoms with Gasteiger partial charge in [0.25, 0.3) is 5.69 Å². The van der Waals surface area contributed by atoms with Crippen molar-refractivity contribution in [1.29, 1.82) is 0 Å². The molecule has 0 amide bonds. The van der Waals surface area contributed by atoms with Crippen molar-refractivity contribution in [3.63, 3.8) is 0 Å². The molecule has 2 unspecified atom stereocenters. The van der Waals surface area contributed by atoms with Crippen molar-refractivity contribution in [3.8, 4) is 0 Å². The fourth-order valence-corrected chi connectivity index (χ4v) is 1.68. The zero-order valence-electron chi connectivity index (χ0n) is 8.51. The van der Waals surface area contributed by atoms with Gasteiger partial charge in [-0.1, -0.05) is 13.3 Å². The van der Waals surface area contributed by atoms with Gasteiger partial charge in [0, 0.05) is 18.3 Å². The standard InChI is InChI=1S/C10H13N3O2/c1-2-7-5-9(7)12-10-6-8(13(14)15)3-4-11-10/h3-4,6-7,9H,2,5H2,1H3,(H,11,12). The summed E-state index contributed by atoms with van der Waals surface area (Å²) in [6, 6.07) is 3.32. The average molecular weight is 207 g/mol. The molecule has 0 saturated heterocycles. The van der Waals surface area contributed by atoms with Gasteiger partial charge in [0.2, 0.25) is 0 Å². The fourth-order valence-electron chi connectivity index (χ4n) is 1.68. The number of rotatable bonds is 4. The van der Waals surface area contributed by atoms with Crippen molar-refractivity contribution in [2.24, 2.45) is 5.92 Å². The Morgan fingerprint density at radius 3 is 3.13 bits per heavy atom. The van der Waals surface area contributed by atoms with Gasteiger partial charge in [-0.15, -0.1) is 0 Å². The molecule has 1 fully saturated rings. The molecule has 1 N–H and O–H groups in total. The van der Waals surface area contributed by atoms with Crippen LogP contribution in [-0.4, -0.2) is 15.9 Å². The van der Waals surface area contributed by atoms with Crippen LogP contribution in [-0.2, 0) is 0 Å². The molecular formula is C10H13N3O2. The Hall–Kier alpha value is -1.65. The molecule has 80 valence electrons. The maximum atomic E-state index is 10.5. The zero-order chi connectivity index (χ0) is 10.8. The largest absolute Gasteiger partial charge is 0.367 e. The minimum absolute atomic E-state index is 0.0844. The molecule has 15 heavy (non-hydrogen) atoms. The van der Waals surface area contributed by atoms with Crippen LogP contribution in [0.5, 0.6) is 0 Å². The maximum absolute atomic E-state index is 10.5. The van der Waals surface area contributed by atoms with E-state index < -0.39 is 4.92 Å². The minimum atomic E-state index is -0.406. The number of nitrogens with one attached hydrogen (secondary N) is 1. The molecule has 1 aliphatic rings. The summed E-state index contributed by atoms with van der Waals surface area (Å²) in [6.45, 7) is 2.15. The number of aromatic nitrogens is 1. The first-order valence-electron chi connectivity index (χ1n) is 5.07. The number of hydrogen-bond donors (Lipinski definition) is 1. The molecule has 5 nitrogen and oxygen atoms in total. The lowest BCUT2D eigenvalue weighted by Gasteiger charge is -2.03. The first-order valence-corrected chi connectivity index (χ1v) is 5.07. The van der Waals surface area contributed by atoms with E-state index in [2.05, 4.69) is 17.2 Å². The van der Waals surface area contributed by atoms with Crippen LogP contribution in [0.4, 0.5) is 11.5 Å². The van der Waals surface area contributed by atoms with Crippen LogP contribution >= 0.6 is 0 Å². The number of nitro groups is 1. The van der Waals surface area contributed by atoms with E-state index in [1.807, 2.05) is 0 Å². The first kappa shape index (κ1) is 9.89. The molecule has 1 heterocycles. The molecular weight excluding hydrogens is 194 g/mol. The van der Waals surface area contributed by atoms with E-state index in [1.54, 1.807) is 0 Å². The highest BCUT2D eigenvalue weighted by Crippen LogP contribution is 2.35. The summed E-state index contributed by atoms with van der Waals surface area (Å²) in [4.78, 5) is 14.2. The monoisotopic (exact) mass is 207 g/mol. The molecule has 2 atom stereocenters. The van der Waals surface area contributed by atoms with Crippen LogP contribution in [0.25, 0.3) is 0 Å². The van der Waals surface area contributed by atoms with E-state index in [1.165, 1.54) is 18.3 Å². The quantitative estimate of drug-likeness (QED) is 0.607. The van der Waals surface area contributed by atoms with Crippen LogP contribution in [0.15, 0.2) is 18.3 Å². The zero-order valence-corrected chi connectivity index (χ0v) is 8.51. The first-order chi connectivity index (χ1) is 7.20. The van der Waals surface area contributed by atoms with E-state index in [0.29, 0.717) is 17.8 Å². The second kappa shape index (κ2) is 3.84. The molecule has 1 aliphatic carbocycles. The van der Waals surface area contributed by atoms with Crippen LogP contribution in [0.1, 0.15) is 19.8 Å². The minimum Gasteiger partial charge on any atom is -0.367 e. The van der Waals surface area contributed by atoms with Gasteiger partial charge < -0.3 is 5.32 Å². The third-order valence-corrected chi connectivity index (χ3v) is 2.73. The van der Waals surface area contributed by atoms with Gasteiger partial charge in [-0.2, -0.15) is 0 Å². The van der Waals surface area contributed by atoms with E-state index >= 15 is 0 Å². The number of hydrogen-bond acceptors (Lipinski definition) is 4. The highest BCUT2D eigenvalue weighted by molar-refractivity contribution is 5.45. The molecule has 0 radical (unpaired) electrons. The van der Waals surface area contributed by atoms with Gasteiger partial charge in [-0.3, -0.25) is 10.1 Å². The molecule has 1 saturated carbocycles. The summed E-state index contributed by atoms with van der Waals surface area (Å²) in [5.41, 5.74) is 0.0844. The van der Waals surface area contributed by atoms with Gasteiger partial charge >= 0.3 is 0 Å². The van der Waals surface area contributed by atoms with Crippen molar-refractivity contribution in [2.75, 3.05) is 5.32 Å². The molecule has 0 aliphatic heterocycles. The molecule has 1 aromatic rings. The Labute approximate surface area is 87.7 Å². The Kier molecular flexibility index (Phi) is 2.53. The summed E-state index contributed by atoms with van der Waals surface area (Å²) in [7, 11) is 0. The molecule has 2 rings (SSSR count). The fraction of sp³-hybridized carbons (Fsp3) is 0.500. The Morgan fingerprint density at radius 1 is 1.73 bits per heavy atom. The van der Waals surface area contributed by atoms with Gasteiger partial charge in [-0.05, 0) is 12.3 Å². The Balaban J connectivity index is 2.03. The lowest BCUT2D eigenvalue weighted by Crippen LogP contribution is -2.06. The lowest BCUT2D eigenvalue weighted by molar-refractivity contribution is -0.384. The number of anilines is 1. The van der Waals surface area contributed by atoms with Crippen molar-refractivity contribution in [2.45, 2.75) is 25.8 Å². The summed E-state index contributed by atoms with van der Waals surface area (Å²) in [5.74, 6) is 1.30. The van der Waals surface area contributed by atoms with Crippen LogP contribution in [0.3, 0.4) is 0 Å². The van der Waals surface area contributed by atoms with Crippen LogP contribution < -0.4 is 5.32 Å². The third kappa shape index (κ3) is 2.23. The van der Waals surface area contributed by atoms with Gasteiger partial charge in [0.1, 0.15) is 5.82 Å². The molecule has 5 heteroatoms. The van der Waals surface area contributed by atoms with E-state index in [-0.39, 0.29) is 5.69 Å². The number of nitrogens with zero attached hydrogens (tertiary/aromatic N) is 2. The smallest absolute Gasteiger partial charge is 0.274 e. The van der Waals surface area contributed by atoms with Crippen LogP contribution in [0.2, 0.25) is 0 Å². The molecule has 0 spiro atoms. The third-order valence-electron chi connectivity index (χ3n) is 2.73. The van der Waals surface area contributed by atoms with Gasteiger partial charge in [0.05, 0.1) is 11.0 Å². The van der Waals surface area contributed by atoms with Gasteiger partial charge in [-0.25, -0.2) is 4.98 Å². The average Bonchev–Trinajstić information content (AvgIpc) is 2.97. The normalized spacial score (nSPS) is 23.5. The summed E-state index contributed by atoms with van der Waals surface area (Å²) in [6.07, 6.45) is 3.75. The van der Waals surface area contributed by atoms with Crippen molar-refractivity contribution >= 4 is 11.5 Å². The number of pyridine rings is 1. The topological polar surface area (TPSA) is 68.1 Å². The van der Waals surface area contributed by atoms with Crippen molar-refractivity contribution in [1.82, 2.24) is 4.98 Å². The SMILES string of the molecule is CCC1CC1Nc1cc([N+](=O)[O-])ccn1. The summed E-state index contributed by atoms with van der Waals surface area (Å²) < 4.78 is 0. The highest BCUT2D eigenvalue weighted by atomic mass is 16.6. The van der Waals surface area contributed by atoms with E-state index in [0.717, 1.165) is 12.8 Å². The second-order valence-electron chi connectivity index (χ2n) is 3.81. The maximum Gasteiger partial charge on any atom is 0.274 e. The highest BCUT2D eigenvalue weighted by Gasteiger charge is 2.35. The van der Waals surface area contributed by atoms with Crippen molar-refractivity contribution in [3.05, 3.63) is 28.4 Å². The summed E-state index contributed by atoms with van der Waals surface area (Å²) >= 11 is 0. The summed E-state index contributed by atoms with van der Waals surface area (Å²) in [5, 5.41) is 13.7. The Bertz CT molecular complexity index is 381. The van der Waals surface area contributed by atoms with Gasteiger partial charge in [0.15, 0.2) is 0 Å². The second-order valence-corrected chi connectivity index (χ2v) is 3.81. The van der Waals surface area contributed by atoms with E-state index in [4.69, 9.17) is 0 Å². The molecule has 0 aromatic carbocycles. The van der Waals surface area contributed by atoms with Crippen LogP contribution in [0, 0.1) is 16.0 Å². The predicted octanol–water partition coefficient (Wildman–Crippen LogP) is 2.20. The Morgan fingerprint density at radius 2 is 2.53 bits per heavy atom. The molecule has 1 aromatic heterocycles.